The van der Waals surface area contributed by atoms with Crippen LogP contribution in [0.25, 0.3) is 0 Å². The molecule has 0 bridgehead atoms. The Morgan fingerprint density at radius 1 is 1.60 bits per heavy atom. The Balaban J connectivity index is 2.38. The summed E-state index contributed by atoms with van der Waals surface area (Å²) in [7, 11) is 1.46. The number of nitrogens with zero attached hydrogens (tertiary/aromatic N) is 1. The molecule has 0 aliphatic carbocycles. The molecule has 1 aromatic heterocycles. The number of aliphatic hydroxyl groups is 2. The fraction of sp³-hybridized carbons (Fsp3) is 0.667. The lowest BCUT2D eigenvalue weighted by Gasteiger charge is -2.16. The van der Waals surface area contributed by atoms with Crippen LogP contribution >= 0.6 is 0 Å². The zero-order valence-corrected chi connectivity index (χ0v) is 11.3. The number of H-pyrrole nitrogens is 1. The highest BCUT2D eigenvalue weighted by Crippen LogP contribution is 2.27. The fourth-order valence-electron chi connectivity index (χ4n) is 2.18. The number of hydrogen-bond acceptors (Lipinski definition) is 6. The van der Waals surface area contributed by atoms with Crippen molar-refractivity contribution in [2.75, 3.05) is 13.7 Å². The van der Waals surface area contributed by atoms with Crippen LogP contribution in [0.2, 0.25) is 0 Å². The van der Waals surface area contributed by atoms with Gasteiger partial charge in [-0.25, -0.2) is 4.79 Å². The highest BCUT2D eigenvalue weighted by molar-refractivity contribution is 5.08. The summed E-state index contributed by atoms with van der Waals surface area (Å²) < 4.78 is 11.7. The molecule has 112 valence electrons. The molecule has 2 heterocycles. The molecular weight excluding hydrogens is 268 g/mol. The maximum Gasteiger partial charge on any atom is 0.330 e. The van der Waals surface area contributed by atoms with Gasteiger partial charge in [-0.2, -0.15) is 0 Å². The van der Waals surface area contributed by atoms with Gasteiger partial charge in [-0.05, 0) is 6.92 Å². The van der Waals surface area contributed by atoms with E-state index in [0.717, 1.165) is 0 Å². The maximum atomic E-state index is 11.8. The molecule has 3 N–H and O–H groups in total. The minimum atomic E-state index is -0.855. The van der Waals surface area contributed by atoms with Crippen molar-refractivity contribution in [1.82, 2.24) is 9.55 Å². The highest BCUT2D eigenvalue weighted by atomic mass is 16.5. The number of ether oxygens (including phenoxy) is 2. The monoisotopic (exact) mass is 286 g/mol. The molecule has 0 aromatic carbocycles. The maximum absolute atomic E-state index is 11.8. The largest absolute Gasteiger partial charge is 0.394 e. The lowest BCUT2D eigenvalue weighted by atomic mass is 10.2. The zero-order chi connectivity index (χ0) is 14.9. The number of rotatable bonds is 4. The first-order chi connectivity index (χ1) is 9.47. The first-order valence-electron chi connectivity index (χ1n) is 6.30. The summed E-state index contributed by atoms with van der Waals surface area (Å²) in [4.78, 5) is 25.7. The summed E-state index contributed by atoms with van der Waals surface area (Å²) in [5.74, 6) is 0. The van der Waals surface area contributed by atoms with E-state index in [1.165, 1.54) is 17.9 Å². The Morgan fingerprint density at radius 3 is 2.85 bits per heavy atom. The third-order valence-electron chi connectivity index (χ3n) is 3.48. The number of aliphatic hydroxyl groups excluding tert-OH is 2. The van der Waals surface area contributed by atoms with Crippen molar-refractivity contribution in [3.05, 3.63) is 32.6 Å². The van der Waals surface area contributed by atoms with Crippen LogP contribution in [0.5, 0.6) is 0 Å². The van der Waals surface area contributed by atoms with Crippen LogP contribution in [0, 0.1) is 0 Å². The summed E-state index contributed by atoms with van der Waals surface area (Å²) in [5.41, 5.74) is -0.853. The van der Waals surface area contributed by atoms with Gasteiger partial charge in [0.1, 0.15) is 12.3 Å². The van der Waals surface area contributed by atoms with E-state index in [9.17, 15) is 14.7 Å². The quantitative estimate of drug-likeness (QED) is 0.646. The Hall–Kier alpha value is -1.48. The molecule has 8 nitrogen and oxygen atoms in total. The predicted molar refractivity (Wildman–Crippen MR) is 68.4 cm³/mol. The fourth-order valence-corrected chi connectivity index (χ4v) is 2.18. The molecule has 8 heteroatoms. The molecule has 20 heavy (non-hydrogen) atoms. The molecule has 1 aliphatic rings. The average Bonchev–Trinajstić information content (AvgIpc) is 2.79. The highest BCUT2D eigenvalue weighted by Gasteiger charge is 2.35. The van der Waals surface area contributed by atoms with Crippen molar-refractivity contribution in [3.8, 4) is 0 Å². The van der Waals surface area contributed by atoms with Gasteiger partial charge in [-0.1, -0.05) is 0 Å². The Kier molecular flexibility index (Phi) is 4.39. The van der Waals surface area contributed by atoms with Gasteiger partial charge in [-0.3, -0.25) is 14.3 Å². The van der Waals surface area contributed by atoms with Crippen molar-refractivity contribution in [3.63, 3.8) is 0 Å². The van der Waals surface area contributed by atoms with Gasteiger partial charge in [0.25, 0.3) is 5.56 Å². The average molecular weight is 286 g/mol. The smallest absolute Gasteiger partial charge is 0.330 e. The number of methoxy groups -OCH3 is 1. The summed E-state index contributed by atoms with van der Waals surface area (Å²) in [6.45, 7) is 1.34. The van der Waals surface area contributed by atoms with Crippen LogP contribution < -0.4 is 11.2 Å². The van der Waals surface area contributed by atoms with Gasteiger partial charge in [-0.15, -0.1) is 0 Å². The number of aromatic amines is 1. The van der Waals surface area contributed by atoms with Gasteiger partial charge >= 0.3 is 5.69 Å². The minimum Gasteiger partial charge on any atom is -0.394 e. The molecule has 1 aromatic rings. The van der Waals surface area contributed by atoms with Gasteiger partial charge in [0.15, 0.2) is 0 Å². The van der Waals surface area contributed by atoms with Crippen LogP contribution in [-0.2, 0) is 9.47 Å². The second kappa shape index (κ2) is 5.88. The Morgan fingerprint density at radius 2 is 2.30 bits per heavy atom. The van der Waals surface area contributed by atoms with Crippen molar-refractivity contribution >= 4 is 0 Å². The second-order valence-electron chi connectivity index (χ2n) is 4.74. The molecule has 0 amide bonds. The molecule has 1 aliphatic heterocycles. The molecular formula is C12H18N2O6. The number of hydrogen-bond donors (Lipinski definition) is 3. The Labute approximate surface area is 114 Å². The van der Waals surface area contributed by atoms with Crippen LogP contribution in [0.4, 0.5) is 0 Å². The Bertz CT molecular complexity index is 580. The van der Waals surface area contributed by atoms with Crippen molar-refractivity contribution < 1.29 is 19.7 Å². The molecule has 0 radical (unpaired) electrons. The van der Waals surface area contributed by atoms with E-state index in [2.05, 4.69) is 4.98 Å². The first kappa shape index (κ1) is 14.9. The van der Waals surface area contributed by atoms with Crippen LogP contribution in [0.3, 0.4) is 0 Å². The normalized spacial score (nSPS) is 27.7. The molecule has 1 saturated heterocycles. The van der Waals surface area contributed by atoms with E-state index in [1.54, 1.807) is 6.92 Å². The van der Waals surface area contributed by atoms with Gasteiger partial charge in [0, 0.05) is 19.7 Å². The lowest BCUT2D eigenvalue weighted by molar-refractivity contribution is -0.0461. The van der Waals surface area contributed by atoms with Crippen molar-refractivity contribution in [2.45, 2.75) is 37.9 Å². The van der Waals surface area contributed by atoms with Crippen LogP contribution in [-0.4, -0.2) is 45.7 Å². The summed E-state index contributed by atoms with van der Waals surface area (Å²) in [6.07, 6.45) is -1.26. The molecule has 0 saturated carbocycles. The second-order valence-corrected chi connectivity index (χ2v) is 4.74. The van der Waals surface area contributed by atoms with Gasteiger partial charge in [0.05, 0.1) is 24.4 Å². The topological polar surface area (TPSA) is 114 Å². The molecule has 2 rings (SSSR count). The van der Waals surface area contributed by atoms with Gasteiger partial charge < -0.3 is 19.7 Å². The predicted octanol–water partition coefficient (Wildman–Crippen LogP) is -1.12. The van der Waals surface area contributed by atoms with Crippen molar-refractivity contribution in [2.24, 2.45) is 0 Å². The van der Waals surface area contributed by atoms with Gasteiger partial charge in [0.2, 0.25) is 0 Å². The van der Waals surface area contributed by atoms with E-state index < -0.39 is 35.8 Å². The number of aromatic nitrogens is 2. The van der Waals surface area contributed by atoms with E-state index >= 15 is 0 Å². The van der Waals surface area contributed by atoms with E-state index in [-0.39, 0.29) is 18.6 Å². The van der Waals surface area contributed by atoms with Crippen LogP contribution in [0.15, 0.2) is 15.8 Å². The summed E-state index contributed by atoms with van der Waals surface area (Å²) in [5, 5.41) is 18.7. The first-order valence-corrected chi connectivity index (χ1v) is 6.30. The van der Waals surface area contributed by atoms with E-state index in [0.29, 0.717) is 0 Å². The lowest BCUT2D eigenvalue weighted by Crippen LogP contribution is -2.35. The van der Waals surface area contributed by atoms with Crippen molar-refractivity contribution in [1.29, 1.82) is 0 Å². The number of nitrogens with one attached hydrogen (secondary N) is 1. The standard InChI is InChI=1S/C12H18N2O6/c1-6(19-2)7-4-14(12(18)13-11(7)17)10-3-8(16)9(5-15)20-10/h4,6,8-10,15-16H,3,5H2,1-2H3,(H,13,17,18)/t6?,8-,9+,10+/m0/s1. The van der Waals surface area contributed by atoms with E-state index in [1.807, 2.05) is 0 Å². The molecule has 0 spiro atoms. The zero-order valence-electron chi connectivity index (χ0n) is 11.3. The summed E-state index contributed by atoms with van der Waals surface area (Å²) >= 11 is 0. The third kappa shape index (κ3) is 2.68. The van der Waals surface area contributed by atoms with E-state index in [4.69, 9.17) is 14.6 Å². The third-order valence-corrected chi connectivity index (χ3v) is 3.48. The molecule has 4 atom stereocenters. The SMILES string of the molecule is COC(C)c1cn([C@H]2C[C@H](O)[C@@H](CO)O2)c(=O)[nH]c1=O. The molecule has 1 fully saturated rings. The minimum absolute atomic E-state index is 0.165. The summed E-state index contributed by atoms with van der Waals surface area (Å²) in [6, 6.07) is 0. The molecule has 1 unspecified atom stereocenters. The van der Waals surface area contributed by atoms with Crippen LogP contribution in [0.1, 0.15) is 31.2 Å².